The van der Waals surface area contributed by atoms with Gasteiger partial charge in [-0.3, -0.25) is 14.4 Å². The highest BCUT2D eigenvalue weighted by atomic mass is 16.5. The van der Waals surface area contributed by atoms with Crippen LogP contribution in [0, 0.1) is 0 Å². The number of ether oxygens (including phenoxy) is 1. The Kier molecular flexibility index (Phi) is 31.9. The third-order valence-corrected chi connectivity index (χ3v) is 8.07. The highest BCUT2D eigenvalue weighted by molar-refractivity contribution is 5.87. The van der Waals surface area contributed by atoms with Gasteiger partial charge in [0, 0.05) is 12.8 Å². The molecule has 276 valence electrons. The summed E-state index contributed by atoms with van der Waals surface area (Å²) >= 11 is 0. The third kappa shape index (κ3) is 30.4. The number of hydrogen-bond acceptors (Lipinski definition) is 6. The van der Waals surface area contributed by atoms with E-state index in [1.165, 1.54) is 57.8 Å². The molecule has 0 heterocycles. The predicted molar refractivity (Wildman–Crippen MR) is 195 cm³/mol. The van der Waals surface area contributed by atoms with Crippen LogP contribution in [0.2, 0.25) is 0 Å². The summed E-state index contributed by atoms with van der Waals surface area (Å²) in [6.45, 7) is 3.34. The fourth-order valence-electron chi connectivity index (χ4n) is 5.13. The van der Waals surface area contributed by atoms with Crippen LogP contribution in [-0.4, -0.2) is 59.3 Å². The van der Waals surface area contributed by atoms with E-state index in [4.69, 9.17) is 14.9 Å². The molecule has 0 aliphatic rings. The van der Waals surface area contributed by atoms with Gasteiger partial charge in [-0.25, -0.2) is 4.79 Å². The SMILES string of the molecule is CCC/C=C\C/C=C\C(CCCCCCC(=O)NCC(=O)NC(CO)C(=O)O)OC(=O)CCCCCCC/C=C\CCCCCCCC. The Bertz CT molecular complexity index is 916. The molecule has 0 spiro atoms. The molecule has 0 rings (SSSR count). The van der Waals surface area contributed by atoms with E-state index in [0.29, 0.717) is 12.8 Å². The first-order chi connectivity index (χ1) is 23.3. The van der Waals surface area contributed by atoms with Crippen molar-refractivity contribution in [2.45, 2.75) is 174 Å². The Morgan fingerprint density at radius 3 is 1.85 bits per heavy atom. The highest BCUT2D eigenvalue weighted by Crippen LogP contribution is 2.14. The number of amides is 2. The summed E-state index contributed by atoms with van der Waals surface area (Å²) in [6, 6.07) is -1.39. The summed E-state index contributed by atoms with van der Waals surface area (Å²) in [4.78, 5) is 47.2. The molecule has 2 amide bonds. The van der Waals surface area contributed by atoms with Crippen LogP contribution in [0.4, 0.5) is 0 Å². The fourth-order valence-corrected chi connectivity index (χ4v) is 5.13. The molecule has 0 fully saturated rings. The maximum absolute atomic E-state index is 12.6. The topological polar surface area (TPSA) is 142 Å². The molecule has 2 atom stereocenters. The summed E-state index contributed by atoms with van der Waals surface area (Å²) in [5, 5.41) is 22.4. The van der Waals surface area contributed by atoms with Crippen LogP contribution >= 0.6 is 0 Å². The van der Waals surface area contributed by atoms with Gasteiger partial charge in [0.05, 0.1) is 13.2 Å². The number of carbonyl (C=O) groups excluding carboxylic acids is 3. The molecule has 0 aliphatic heterocycles. The summed E-state index contributed by atoms with van der Waals surface area (Å²) in [7, 11) is 0. The van der Waals surface area contributed by atoms with Crippen LogP contribution in [-0.2, 0) is 23.9 Å². The number of aliphatic hydroxyl groups excluding tert-OH is 1. The Hall–Kier alpha value is -2.94. The van der Waals surface area contributed by atoms with Gasteiger partial charge in [0.25, 0.3) is 0 Å². The van der Waals surface area contributed by atoms with Crippen LogP contribution < -0.4 is 10.6 Å². The second-order valence-corrected chi connectivity index (χ2v) is 12.7. The summed E-state index contributed by atoms with van der Waals surface area (Å²) in [5.74, 6) is -2.44. The van der Waals surface area contributed by atoms with E-state index in [-0.39, 0.29) is 30.9 Å². The van der Waals surface area contributed by atoms with Crippen LogP contribution in [0.1, 0.15) is 162 Å². The Balaban J connectivity index is 4.23. The van der Waals surface area contributed by atoms with Gasteiger partial charge in [-0.1, -0.05) is 115 Å². The van der Waals surface area contributed by atoms with Gasteiger partial charge in [0.1, 0.15) is 12.1 Å². The van der Waals surface area contributed by atoms with Crippen LogP contribution in [0.3, 0.4) is 0 Å². The number of carboxylic acid groups (broad SMARTS) is 1. The predicted octanol–water partition coefficient (Wildman–Crippen LogP) is 8.26. The van der Waals surface area contributed by atoms with Gasteiger partial charge in [-0.05, 0) is 70.3 Å². The van der Waals surface area contributed by atoms with Crippen molar-refractivity contribution < 1.29 is 34.1 Å². The lowest BCUT2D eigenvalue weighted by Gasteiger charge is -2.15. The van der Waals surface area contributed by atoms with E-state index in [9.17, 15) is 19.2 Å². The quantitative estimate of drug-likeness (QED) is 0.0311. The van der Waals surface area contributed by atoms with Gasteiger partial charge < -0.3 is 25.6 Å². The number of carbonyl (C=O) groups is 4. The number of carboxylic acids is 1. The van der Waals surface area contributed by atoms with Crippen LogP contribution in [0.25, 0.3) is 0 Å². The Morgan fingerprint density at radius 1 is 0.646 bits per heavy atom. The van der Waals surface area contributed by atoms with E-state index in [2.05, 4.69) is 54.9 Å². The smallest absolute Gasteiger partial charge is 0.328 e. The molecule has 0 aliphatic carbocycles. The Labute approximate surface area is 291 Å². The standard InChI is InChI=1S/C39H68N2O7/c1-3-5-7-9-11-12-13-14-15-16-17-18-19-21-27-31-38(45)48-34(28-24-20-10-8-6-4-2)29-25-22-23-26-30-36(43)40-32-37(44)41-35(33-42)39(46)47/h8,10,14-15,24,28,34-35,42H,3-7,9,11-13,16-23,25-27,29-33H2,1-2H3,(H,40,43)(H,41,44)(H,46,47)/b10-8-,15-14-,28-24-. The van der Waals surface area contributed by atoms with Crippen molar-refractivity contribution in [3.63, 3.8) is 0 Å². The number of aliphatic carboxylic acids is 1. The summed E-state index contributed by atoms with van der Waals surface area (Å²) in [5.41, 5.74) is 0. The third-order valence-electron chi connectivity index (χ3n) is 8.07. The van der Waals surface area contributed by atoms with Gasteiger partial charge in [0.15, 0.2) is 0 Å². The Morgan fingerprint density at radius 2 is 1.23 bits per heavy atom. The molecule has 9 nitrogen and oxygen atoms in total. The van der Waals surface area contributed by atoms with Gasteiger partial charge in [0.2, 0.25) is 11.8 Å². The second-order valence-electron chi connectivity index (χ2n) is 12.7. The fraction of sp³-hybridized carbons (Fsp3) is 0.744. The monoisotopic (exact) mass is 677 g/mol. The average molecular weight is 677 g/mol. The normalized spacial score (nSPS) is 12.9. The molecule has 0 saturated heterocycles. The minimum Gasteiger partial charge on any atom is -0.480 e. The van der Waals surface area contributed by atoms with Crippen LogP contribution in [0.15, 0.2) is 36.5 Å². The van der Waals surface area contributed by atoms with E-state index >= 15 is 0 Å². The molecule has 0 radical (unpaired) electrons. The van der Waals surface area contributed by atoms with Crippen LogP contribution in [0.5, 0.6) is 0 Å². The number of unbranched alkanes of at least 4 members (excludes halogenated alkanes) is 15. The summed E-state index contributed by atoms with van der Waals surface area (Å²) < 4.78 is 5.83. The van der Waals surface area contributed by atoms with Crippen molar-refractivity contribution in [1.82, 2.24) is 10.6 Å². The molecule has 2 unspecified atom stereocenters. The minimum absolute atomic E-state index is 0.141. The zero-order valence-electron chi connectivity index (χ0n) is 30.2. The average Bonchev–Trinajstić information content (AvgIpc) is 3.07. The first-order valence-corrected chi connectivity index (χ1v) is 18.9. The van der Waals surface area contributed by atoms with E-state index in [1.807, 2.05) is 6.08 Å². The minimum atomic E-state index is -1.39. The first-order valence-electron chi connectivity index (χ1n) is 18.9. The molecule has 0 aromatic carbocycles. The first kappa shape index (κ1) is 45.1. The van der Waals surface area contributed by atoms with Gasteiger partial charge in [-0.15, -0.1) is 0 Å². The zero-order valence-corrected chi connectivity index (χ0v) is 30.2. The van der Waals surface area contributed by atoms with Crippen molar-refractivity contribution in [2.24, 2.45) is 0 Å². The van der Waals surface area contributed by atoms with Crippen molar-refractivity contribution >= 4 is 23.8 Å². The number of nitrogens with one attached hydrogen (secondary N) is 2. The lowest BCUT2D eigenvalue weighted by molar-refractivity contribution is -0.147. The van der Waals surface area contributed by atoms with Crippen molar-refractivity contribution in [1.29, 1.82) is 0 Å². The van der Waals surface area contributed by atoms with Crippen molar-refractivity contribution in [3.8, 4) is 0 Å². The number of allylic oxidation sites excluding steroid dienone is 5. The number of rotatable bonds is 33. The number of esters is 1. The molecule has 0 aromatic heterocycles. The molecule has 0 saturated carbocycles. The molecule has 48 heavy (non-hydrogen) atoms. The number of hydrogen-bond donors (Lipinski definition) is 4. The van der Waals surface area contributed by atoms with E-state index < -0.39 is 24.5 Å². The maximum Gasteiger partial charge on any atom is 0.328 e. The van der Waals surface area contributed by atoms with Crippen molar-refractivity contribution in [3.05, 3.63) is 36.5 Å². The molecule has 0 aromatic rings. The zero-order chi connectivity index (χ0) is 35.5. The molecule has 0 bridgehead atoms. The number of aliphatic hydroxyl groups is 1. The summed E-state index contributed by atoms with van der Waals surface area (Å²) in [6.07, 6.45) is 36.3. The second kappa shape index (κ2) is 33.9. The van der Waals surface area contributed by atoms with Crippen molar-refractivity contribution in [2.75, 3.05) is 13.2 Å². The van der Waals surface area contributed by atoms with E-state index in [1.54, 1.807) is 0 Å². The largest absolute Gasteiger partial charge is 0.480 e. The lowest BCUT2D eigenvalue weighted by Crippen LogP contribution is -2.47. The van der Waals surface area contributed by atoms with Gasteiger partial charge in [-0.2, -0.15) is 0 Å². The van der Waals surface area contributed by atoms with Gasteiger partial charge >= 0.3 is 11.9 Å². The molecule has 9 heteroatoms. The maximum atomic E-state index is 12.6. The van der Waals surface area contributed by atoms with E-state index in [0.717, 1.165) is 70.6 Å². The molecular formula is C39H68N2O7. The highest BCUT2D eigenvalue weighted by Gasteiger charge is 2.18. The molecular weight excluding hydrogens is 608 g/mol. The lowest BCUT2D eigenvalue weighted by atomic mass is 10.1. The molecule has 4 N–H and O–H groups in total.